The van der Waals surface area contributed by atoms with Gasteiger partial charge in [-0.3, -0.25) is 4.79 Å². The molecule has 3 nitrogen and oxygen atoms in total. The van der Waals surface area contributed by atoms with Crippen molar-refractivity contribution in [3.8, 4) is 11.5 Å². The predicted molar refractivity (Wildman–Crippen MR) is 42.1 cm³/mol. The number of esters is 1. The lowest BCUT2D eigenvalue weighted by Gasteiger charge is -2.15. The topological polar surface area (TPSA) is 46.5 Å². The molecule has 12 heavy (non-hydrogen) atoms. The second-order valence-corrected chi connectivity index (χ2v) is 2.73. The molecule has 3 heteroatoms. The fourth-order valence-electron chi connectivity index (χ4n) is 1.30. The van der Waals surface area contributed by atoms with Gasteiger partial charge in [-0.25, -0.2) is 0 Å². The van der Waals surface area contributed by atoms with Gasteiger partial charge in [-0.05, 0) is 18.6 Å². The van der Waals surface area contributed by atoms with E-state index in [9.17, 15) is 9.90 Å². The minimum atomic E-state index is -0.229. The quantitative estimate of drug-likeness (QED) is 0.463. The molecular weight excluding hydrogens is 156 g/mol. The van der Waals surface area contributed by atoms with E-state index in [0.717, 1.165) is 5.56 Å². The number of carbonyl (C=O) groups excluding carboxylic acids is 1. The van der Waals surface area contributed by atoms with E-state index < -0.39 is 0 Å². The van der Waals surface area contributed by atoms with Gasteiger partial charge in [0.1, 0.15) is 11.5 Å². The molecule has 0 aromatic heterocycles. The molecule has 1 N–H and O–H groups in total. The Morgan fingerprint density at radius 3 is 3.00 bits per heavy atom. The number of hydrogen-bond donors (Lipinski definition) is 1. The zero-order valence-electron chi connectivity index (χ0n) is 6.41. The Morgan fingerprint density at radius 1 is 1.33 bits per heavy atom. The molecule has 1 aliphatic rings. The fourth-order valence-corrected chi connectivity index (χ4v) is 1.30. The van der Waals surface area contributed by atoms with Crippen LogP contribution in [0.4, 0.5) is 0 Å². The lowest BCUT2D eigenvalue weighted by atomic mass is 10.1. The Bertz CT molecular complexity index is 331. The first-order chi connectivity index (χ1) is 5.77. The Balaban J connectivity index is 2.48. The summed E-state index contributed by atoms with van der Waals surface area (Å²) in [5, 5.41) is 9.35. The largest absolute Gasteiger partial charge is 0.508 e. The van der Waals surface area contributed by atoms with Gasteiger partial charge in [-0.2, -0.15) is 0 Å². The van der Waals surface area contributed by atoms with E-state index in [1.807, 2.05) is 0 Å². The molecule has 0 bridgehead atoms. The first-order valence-electron chi connectivity index (χ1n) is 3.79. The minimum Gasteiger partial charge on any atom is -0.508 e. The van der Waals surface area contributed by atoms with Crippen LogP contribution in [0, 0.1) is 0 Å². The molecule has 1 aromatic carbocycles. The van der Waals surface area contributed by atoms with E-state index >= 15 is 0 Å². The lowest BCUT2D eigenvalue weighted by Crippen LogP contribution is -2.15. The van der Waals surface area contributed by atoms with Crippen molar-refractivity contribution in [1.82, 2.24) is 0 Å². The molecule has 0 spiro atoms. The van der Waals surface area contributed by atoms with E-state index in [1.54, 1.807) is 18.2 Å². The number of fused-ring (bicyclic) bond motifs is 1. The Morgan fingerprint density at radius 2 is 2.17 bits per heavy atom. The van der Waals surface area contributed by atoms with E-state index in [4.69, 9.17) is 4.74 Å². The molecular formula is C9H8O3. The van der Waals surface area contributed by atoms with Crippen LogP contribution < -0.4 is 4.74 Å². The van der Waals surface area contributed by atoms with Gasteiger partial charge in [0.25, 0.3) is 0 Å². The maximum atomic E-state index is 10.8. The number of phenols is 1. The summed E-state index contributed by atoms with van der Waals surface area (Å²) in [6, 6.07) is 4.94. The maximum Gasteiger partial charge on any atom is 0.311 e. The SMILES string of the molecule is O=C1CCc2c(O)cccc2O1. The van der Waals surface area contributed by atoms with Gasteiger partial charge < -0.3 is 9.84 Å². The molecule has 0 saturated carbocycles. The van der Waals surface area contributed by atoms with Gasteiger partial charge in [0.2, 0.25) is 0 Å². The van der Waals surface area contributed by atoms with Gasteiger partial charge >= 0.3 is 5.97 Å². The van der Waals surface area contributed by atoms with Crippen LogP contribution in [0.25, 0.3) is 0 Å². The zero-order chi connectivity index (χ0) is 8.55. The number of ether oxygens (including phenoxy) is 1. The number of phenolic OH excluding ortho intramolecular Hbond substituents is 1. The molecule has 0 unspecified atom stereocenters. The third kappa shape index (κ3) is 1.03. The molecule has 0 aliphatic carbocycles. The standard InChI is InChI=1S/C9H8O3/c10-7-2-1-3-8-6(7)4-5-9(11)12-8/h1-3,10H,4-5H2. The number of rotatable bonds is 0. The highest BCUT2D eigenvalue weighted by molar-refractivity contribution is 5.76. The van der Waals surface area contributed by atoms with E-state index in [0.29, 0.717) is 18.6 Å². The lowest BCUT2D eigenvalue weighted by molar-refractivity contribution is -0.135. The van der Waals surface area contributed by atoms with Crippen molar-refractivity contribution in [3.63, 3.8) is 0 Å². The van der Waals surface area contributed by atoms with Gasteiger partial charge in [0, 0.05) is 5.56 Å². The summed E-state index contributed by atoms with van der Waals surface area (Å²) in [6.45, 7) is 0. The van der Waals surface area contributed by atoms with Crippen LogP contribution in [-0.4, -0.2) is 11.1 Å². The molecule has 0 amide bonds. The summed E-state index contributed by atoms with van der Waals surface area (Å²) in [7, 11) is 0. The Hall–Kier alpha value is -1.51. The molecule has 1 aromatic rings. The first-order valence-corrected chi connectivity index (χ1v) is 3.79. The summed E-state index contributed by atoms with van der Waals surface area (Å²) in [5.74, 6) is 0.472. The summed E-state index contributed by atoms with van der Waals surface area (Å²) < 4.78 is 4.91. The molecule has 0 saturated heterocycles. The molecule has 0 fully saturated rings. The molecule has 2 rings (SSSR count). The van der Waals surface area contributed by atoms with Crippen LogP contribution in [0.3, 0.4) is 0 Å². The zero-order valence-corrected chi connectivity index (χ0v) is 6.41. The van der Waals surface area contributed by atoms with Crippen molar-refractivity contribution >= 4 is 5.97 Å². The monoisotopic (exact) mass is 164 g/mol. The van der Waals surface area contributed by atoms with E-state index in [-0.39, 0.29) is 11.7 Å². The van der Waals surface area contributed by atoms with Crippen LogP contribution in [0.15, 0.2) is 18.2 Å². The molecule has 0 atom stereocenters. The smallest absolute Gasteiger partial charge is 0.311 e. The first kappa shape index (κ1) is 7.16. The number of benzene rings is 1. The van der Waals surface area contributed by atoms with Crippen molar-refractivity contribution in [2.24, 2.45) is 0 Å². The highest BCUT2D eigenvalue weighted by atomic mass is 16.5. The second-order valence-electron chi connectivity index (χ2n) is 2.73. The van der Waals surface area contributed by atoms with Crippen molar-refractivity contribution in [1.29, 1.82) is 0 Å². The van der Waals surface area contributed by atoms with Gasteiger partial charge in [0.05, 0.1) is 6.42 Å². The summed E-state index contributed by atoms with van der Waals surface area (Å²) in [6.07, 6.45) is 0.922. The van der Waals surface area contributed by atoms with Crippen LogP contribution in [0.5, 0.6) is 11.5 Å². The summed E-state index contributed by atoms with van der Waals surface area (Å²) in [4.78, 5) is 10.8. The third-order valence-corrected chi connectivity index (χ3v) is 1.91. The third-order valence-electron chi connectivity index (χ3n) is 1.91. The highest BCUT2D eigenvalue weighted by Crippen LogP contribution is 2.31. The van der Waals surface area contributed by atoms with Gasteiger partial charge in [0.15, 0.2) is 0 Å². The second kappa shape index (κ2) is 2.52. The van der Waals surface area contributed by atoms with Crippen molar-refractivity contribution in [3.05, 3.63) is 23.8 Å². The maximum absolute atomic E-state index is 10.8. The predicted octanol–water partition coefficient (Wildman–Crippen LogP) is 1.24. The van der Waals surface area contributed by atoms with Gasteiger partial charge in [-0.1, -0.05) is 6.07 Å². The number of hydrogen-bond acceptors (Lipinski definition) is 3. The number of carbonyl (C=O) groups is 1. The number of aromatic hydroxyl groups is 1. The Kier molecular flexibility index (Phi) is 1.50. The van der Waals surface area contributed by atoms with E-state index in [1.165, 1.54) is 0 Å². The van der Waals surface area contributed by atoms with Crippen molar-refractivity contribution in [2.45, 2.75) is 12.8 Å². The van der Waals surface area contributed by atoms with Crippen LogP contribution in [0.1, 0.15) is 12.0 Å². The average Bonchev–Trinajstić information content (AvgIpc) is 2.04. The van der Waals surface area contributed by atoms with Crippen LogP contribution in [0.2, 0.25) is 0 Å². The fraction of sp³-hybridized carbons (Fsp3) is 0.222. The summed E-state index contributed by atoms with van der Waals surface area (Å²) in [5.41, 5.74) is 0.733. The normalized spacial score (nSPS) is 15.2. The average molecular weight is 164 g/mol. The molecule has 1 heterocycles. The van der Waals surface area contributed by atoms with Gasteiger partial charge in [-0.15, -0.1) is 0 Å². The van der Waals surface area contributed by atoms with Crippen LogP contribution in [-0.2, 0) is 11.2 Å². The van der Waals surface area contributed by atoms with Crippen LogP contribution >= 0.6 is 0 Å². The summed E-state index contributed by atoms with van der Waals surface area (Å²) >= 11 is 0. The molecule has 62 valence electrons. The van der Waals surface area contributed by atoms with Crippen molar-refractivity contribution < 1.29 is 14.6 Å². The highest BCUT2D eigenvalue weighted by Gasteiger charge is 2.18. The minimum absolute atomic E-state index is 0.208. The Labute approximate surface area is 69.6 Å². The van der Waals surface area contributed by atoms with E-state index in [2.05, 4.69) is 0 Å². The molecule has 1 aliphatic heterocycles. The van der Waals surface area contributed by atoms with Crippen molar-refractivity contribution in [2.75, 3.05) is 0 Å². The molecule has 0 radical (unpaired) electrons.